The molecule has 2 aromatic heterocycles. The van der Waals surface area contributed by atoms with Crippen molar-refractivity contribution in [2.24, 2.45) is 7.05 Å². The van der Waals surface area contributed by atoms with E-state index in [9.17, 15) is 4.79 Å². The number of pyridine rings is 1. The van der Waals surface area contributed by atoms with Crippen LogP contribution in [0, 0.1) is 0 Å². The van der Waals surface area contributed by atoms with Crippen LogP contribution in [-0.4, -0.2) is 27.7 Å². The second kappa shape index (κ2) is 12.2. The lowest BCUT2D eigenvalue weighted by Gasteiger charge is -2.20. The summed E-state index contributed by atoms with van der Waals surface area (Å²) in [6.07, 6.45) is 5.27. The molecule has 30 heavy (non-hydrogen) atoms. The molecule has 0 fully saturated rings. The molecule has 162 valence electrons. The van der Waals surface area contributed by atoms with E-state index in [-0.39, 0.29) is 36.8 Å². The summed E-state index contributed by atoms with van der Waals surface area (Å²) in [7, 11) is 3.58. The molecule has 3 rings (SSSR count). The standard InChI is InChI=1S/C21H25N5O2.2ClH/c1-15(25-21(27)20(22-2)17-12-24-26(3)13-17)16-7-6-9-19(11-16)28-14-18-8-4-5-10-23-18;;/h4-13,15,20,22H,14H2,1-3H3,(H,25,27);2*1H. The van der Waals surface area contributed by atoms with E-state index in [0.717, 1.165) is 22.6 Å². The monoisotopic (exact) mass is 451 g/mol. The van der Waals surface area contributed by atoms with Gasteiger partial charge in [-0.3, -0.25) is 14.5 Å². The van der Waals surface area contributed by atoms with Crippen LogP contribution in [-0.2, 0) is 18.4 Å². The molecule has 0 radical (unpaired) electrons. The Hall–Kier alpha value is -2.61. The first-order valence-electron chi connectivity index (χ1n) is 9.15. The SMILES string of the molecule is CNC(C(=O)NC(C)c1cccc(OCc2ccccn2)c1)c1cnn(C)c1.Cl.Cl. The van der Waals surface area contributed by atoms with Gasteiger partial charge in [0.25, 0.3) is 0 Å². The highest BCUT2D eigenvalue weighted by Gasteiger charge is 2.22. The number of carbonyl (C=O) groups is 1. The van der Waals surface area contributed by atoms with Crippen LogP contribution in [0.4, 0.5) is 0 Å². The van der Waals surface area contributed by atoms with Gasteiger partial charge in [0.15, 0.2) is 0 Å². The molecular weight excluding hydrogens is 425 g/mol. The van der Waals surface area contributed by atoms with Crippen LogP contribution < -0.4 is 15.4 Å². The minimum Gasteiger partial charge on any atom is -0.487 e. The molecule has 0 bridgehead atoms. The summed E-state index contributed by atoms with van der Waals surface area (Å²) in [5, 5.41) is 10.2. The van der Waals surface area contributed by atoms with E-state index in [1.165, 1.54) is 0 Å². The zero-order valence-electron chi connectivity index (χ0n) is 17.1. The molecule has 2 unspecified atom stereocenters. The Morgan fingerprint density at radius 1 is 1.17 bits per heavy atom. The molecule has 9 heteroatoms. The Kier molecular flexibility index (Phi) is 10.3. The van der Waals surface area contributed by atoms with Gasteiger partial charge in [-0.1, -0.05) is 18.2 Å². The minimum absolute atomic E-state index is 0. The van der Waals surface area contributed by atoms with Crippen molar-refractivity contribution in [1.29, 1.82) is 0 Å². The van der Waals surface area contributed by atoms with E-state index in [2.05, 4.69) is 20.7 Å². The summed E-state index contributed by atoms with van der Waals surface area (Å²) in [6.45, 7) is 2.35. The molecule has 2 atom stereocenters. The number of nitrogens with one attached hydrogen (secondary N) is 2. The van der Waals surface area contributed by atoms with Gasteiger partial charge in [0.05, 0.1) is 17.9 Å². The summed E-state index contributed by atoms with van der Waals surface area (Å²) >= 11 is 0. The number of ether oxygens (including phenoxy) is 1. The van der Waals surface area contributed by atoms with Crippen molar-refractivity contribution in [1.82, 2.24) is 25.4 Å². The number of halogens is 2. The number of aryl methyl sites for hydroxylation is 1. The topological polar surface area (TPSA) is 81.1 Å². The van der Waals surface area contributed by atoms with Crippen molar-refractivity contribution in [3.8, 4) is 5.75 Å². The quantitative estimate of drug-likeness (QED) is 0.548. The summed E-state index contributed by atoms with van der Waals surface area (Å²) < 4.78 is 7.51. The molecular formula is C21H27Cl2N5O2. The minimum atomic E-state index is -0.459. The Morgan fingerprint density at radius 2 is 1.97 bits per heavy atom. The molecule has 0 spiro atoms. The molecule has 0 saturated carbocycles. The van der Waals surface area contributed by atoms with Crippen molar-refractivity contribution in [2.45, 2.75) is 25.6 Å². The number of likely N-dealkylation sites (N-methyl/N-ethyl adjacent to an activating group) is 1. The van der Waals surface area contributed by atoms with E-state index < -0.39 is 6.04 Å². The lowest BCUT2D eigenvalue weighted by atomic mass is 10.1. The van der Waals surface area contributed by atoms with Crippen molar-refractivity contribution in [2.75, 3.05) is 7.05 Å². The Balaban J connectivity index is 0.00000225. The first-order valence-corrected chi connectivity index (χ1v) is 9.15. The number of nitrogens with zero attached hydrogens (tertiary/aromatic N) is 3. The van der Waals surface area contributed by atoms with E-state index >= 15 is 0 Å². The number of benzene rings is 1. The fraction of sp³-hybridized carbons (Fsp3) is 0.286. The summed E-state index contributed by atoms with van der Waals surface area (Å²) in [4.78, 5) is 17.0. The maximum atomic E-state index is 12.7. The van der Waals surface area contributed by atoms with Gasteiger partial charge in [0.2, 0.25) is 5.91 Å². The van der Waals surface area contributed by atoms with Gasteiger partial charge in [0, 0.05) is 25.0 Å². The van der Waals surface area contributed by atoms with Crippen LogP contribution in [0.15, 0.2) is 61.1 Å². The number of carbonyl (C=O) groups excluding carboxylic acids is 1. The maximum absolute atomic E-state index is 12.7. The molecule has 3 aromatic rings. The number of hydrogen-bond donors (Lipinski definition) is 2. The number of aromatic nitrogens is 3. The molecule has 1 aromatic carbocycles. The Labute approximate surface area is 189 Å². The Morgan fingerprint density at radius 3 is 2.60 bits per heavy atom. The fourth-order valence-corrected chi connectivity index (χ4v) is 2.93. The van der Waals surface area contributed by atoms with Crippen LogP contribution in [0.3, 0.4) is 0 Å². The van der Waals surface area contributed by atoms with Crippen molar-refractivity contribution >= 4 is 30.7 Å². The zero-order valence-corrected chi connectivity index (χ0v) is 18.7. The van der Waals surface area contributed by atoms with Gasteiger partial charge in [-0.05, 0) is 43.8 Å². The number of amides is 1. The van der Waals surface area contributed by atoms with Gasteiger partial charge < -0.3 is 15.4 Å². The Bertz CT molecular complexity index is 921. The van der Waals surface area contributed by atoms with Crippen molar-refractivity contribution < 1.29 is 9.53 Å². The van der Waals surface area contributed by atoms with E-state index in [1.54, 1.807) is 24.1 Å². The third-order valence-electron chi connectivity index (χ3n) is 4.44. The van der Waals surface area contributed by atoms with E-state index in [1.807, 2.05) is 62.6 Å². The summed E-state index contributed by atoms with van der Waals surface area (Å²) in [5.41, 5.74) is 2.65. The zero-order chi connectivity index (χ0) is 19.9. The molecule has 2 heterocycles. The highest BCUT2D eigenvalue weighted by Crippen LogP contribution is 2.21. The van der Waals surface area contributed by atoms with Crippen LogP contribution in [0.1, 0.15) is 35.8 Å². The third-order valence-corrected chi connectivity index (χ3v) is 4.44. The van der Waals surface area contributed by atoms with Gasteiger partial charge in [-0.25, -0.2) is 0 Å². The number of rotatable bonds is 8. The van der Waals surface area contributed by atoms with Gasteiger partial charge in [-0.15, -0.1) is 24.8 Å². The average Bonchev–Trinajstić information content (AvgIpc) is 3.14. The fourth-order valence-electron chi connectivity index (χ4n) is 2.93. The molecule has 7 nitrogen and oxygen atoms in total. The lowest BCUT2D eigenvalue weighted by molar-refractivity contribution is -0.123. The summed E-state index contributed by atoms with van der Waals surface area (Å²) in [5.74, 6) is 0.629. The lowest BCUT2D eigenvalue weighted by Crippen LogP contribution is -2.37. The van der Waals surface area contributed by atoms with E-state index in [4.69, 9.17) is 4.74 Å². The molecule has 0 saturated heterocycles. The van der Waals surface area contributed by atoms with Crippen molar-refractivity contribution in [3.05, 3.63) is 77.9 Å². The molecule has 0 aliphatic heterocycles. The second-order valence-corrected chi connectivity index (χ2v) is 6.58. The predicted molar refractivity (Wildman–Crippen MR) is 121 cm³/mol. The van der Waals surface area contributed by atoms with Crippen LogP contribution in [0.25, 0.3) is 0 Å². The number of hydrogen-bond acceptors (Lipinski definition) is 5. The highest BCUT2D eigenvalue weighted by atomic mass is 35.5. The first-order chi connectivity index (χ1) is 13.6. The van der Waals surface area contributed by atoms with Crippen LogP contribution >= 0.6 is 24.8 Å². The smallest absolute Gasteiger partial charge is 0.242 e. The van der Waals surface area contributed by atoms with Crippen LogP contribution in [0.5, 0.6) is 5.75 Å². The second-order valence-electron chi connectivity index (χ2n) is 6.58. The first kappa shape index (κ1) is 25.4. The maximum Gasteiger partial charge on any atom is 0.242 e. The molecule has 0 aliphatic rings. The molecule has 0 aliphatic carbocycles. The largest absolute Gasteiger partial charge is 0.487 e. The third kappa shape index (κ3) is 6.73. The normalized spacial score (nSPS) is 12.1. The predicted octanol–water partition coefficient (Wildman–Crippen LogP) is 3.38. The van der Waals surface area contributed by atoms with Crippen LogP contribution in [0.2, 0.25) is 0 Å². The average molecular weight is 452 g/mol. The van der Waals surface area contributed by atoms with Crippen molar-refractivity contribution in [3.63, 3.8) is 0 Å². The van der Waals surface area contributed by atoms with Gasteiger partial charge >= 0.3 is 0 Å². The molecule has 1 amide bonds. The van der Waals surface area contributed by atoms with Gasteiger partial charge in [-0.2, -0.15) is 5.10 Å². The summed E-state index contributed by atoms with van der Waals surface area (Å²) in [6, 6.07) is 12.8. The van der Waals surface area contributed by atoms with Gasteiger partial charge in [0.1, 0.15) is 18.4 Å². The highest BCUT2D eigenvalue weighted by molar-refractivity contribution is 5.85. The van der Waals surface area contributed by atoms with E-state index in [0.29, 0.717) is 6.61 Å². The molecule has 2 N–H and O–H groups in total.